The fraction of sp³-hybridized carbons (Fsp3) is 0.733. The second-order valence-corrected chi connectivity index (χ2v) is 5.70. The van der Waals surface area contributed by atoms with E-state index in [4.69, 9.17) is 15.0 Å². The van der Waals surface area contributed by atoms with Gasteiger partial charge in [-0.1, -0.05) is 18.2 Å². The molecule has 112 valence electrons. The smallest absolute Gasteiger partial charge is 0.243 e. The van der Waals surface area contributed by atoms with Crippen LogP contribution in [0.3, 0.4) is 0 Å². The zero-order valence-electron chi connectivity index (χ0n) is 12.5. The summed E-state index contributed by atoms with van der Waals surface area (Å²) in [7, 11) is 0. The molecule has 1 aliphatic rings. The minimum Gasteiger partial charge on any atom is -0.367 e. The minimum absolute atomic E-state index is 0.282. The lowest BCUT2D eigenvalue weighted by Crippen LogP contribution is -2.35. The Kier molecular flexibility index (Phi) is 4.94. The Morgan fingerprint density at radius 3 is 2.85 bits per heavy atom. The summed E-state index contributed by atoms with van der Waals surface area (Å²) in [6, 6.07) is -0.282. The van der Waals surface area contributed by atoms with Crippen molar-refractivity contribution in [3.05, 3.63) is 24.4 Å². The van der Waals surface area contributed by atoms with Gasteiger partial charge in [0.25, 0.3) is 0 Å². The topological polar surface area (TPSA) is 74.2 Å². The van der Waals surface area contributed by atoms with E-state index < -0.39 is 5.60 Å². The van der Waals surface area contributed by atoms with Gasteiger partial charge < -0.3 is 15.0 Å². The molecule has 20 heavy (non-hydrogen) atoms. The molecule has 0 amide bonds. The van der Waals surface area contributed by atoms with Crippen molar-refractivity contribution >= 4 is 0 Å². The fourth-order valence-corrected chi connectivity index (χ4v) is 2.79. The molecule has 0 saturated heterocycles. The summed E-state index contributed by atoms with van der Waals surface area (Å²) < 4.78 is 11.3. The molecule has 1 unspecified atom stereocenters. The molecule has 0 bridgehead atoms. The van der Waals surface area contributed by atoms with Gasteiger partial charge in [0.15, 0.2) is 0 Å². The number of rotatable bonds is 6. The second-order valence-electron chi connectivity index (χ2n) is 5.70. The van der Waals surface area contributed by atoms with Crippen molar-refractivity contribution in [2.75, 3.05) is 6.61 Å². The number of hydrogen-bond donors (Lipinski definition) is 1. The molecule has 0 spiro atoms. The highest BCUT2D eigenvalue weighted by molar-refractivity contribution is 5.05. The largest absolute Gasteiger partial charge is 0.367 e. The first kappa shape index (κ1) is 15.2. The summed E-state index contributed by atoms with van der Waals surface area (Å²) in [5.74, 6) is 1.86. The lowest BCUT2D eigenvalue weighted by molar-refractivity contribution is -0.0847. The third-order valence-corrected chi connectivity index (χ3v) is 4.09. The van der Waals surface area contributed by atoms with E-state index in [2.05, 4.69) is 23.6 Å². The van der Waals surface area contributed by atoms with Gasteiger partial charge in [-0.2, -0.15) is 4.98 Å². The third-order valence-electron chi connectivity index (χ3n) is 4.09. The molecule has 5 nitrogen and oxygen atoms in total. The molecule has 0 aromatic carbocycles. The lowest BCUT2D eigenvalue weighted by atomic mass is 9.79. The van der Waals surface area contributed by atoms with Gasteiger partial charge in [-0.15, -0.1) is 6.58 Å². The molecular weight excluding hydrogens is 254 g/mol. The first-order valence-corrected chi connectivity index (χ1v) is 7.46. The van der Waals surface area contributed by atoms with Gasteiger partial charge >= 0.3 is 0 Å². The first-order valence-electron chi connectivity index (χ1n) is 7.46. The van der Waals surface area contributed by atoms with Crippen LogP contribution < -0.4 is 5.73 Å². The Morgan fingerprint density at radius 1 is 1.55 bits per heavy atom. The summed E-state index contributed by atoms with van der Waals surface area (Å²) in [6.45, 7) is 8.61. The molecule has 1 aromatic heterocycles. The van der Waals surface area contributed by atoms with Crippen LogP contribution in [0.4, 0.5) is 0 Å². The van der Waals surface area contributed by atoms with Crippen molar-refractivity contribution in [2.24, 2.45) is 11.7 Å². The molecule has 2 rings (SSSR count). The fourth-order valence-electron chi connectivity index (χ4n) is 2.79. The Balaban J connectivity index is 2.19. The van der Waals surface area contributed by atoms with Crippen molar-refractivity contribution in [2.45, 2.75) is 57.6 Å². The molecule has 1 aromatic rings. The zero-order chi connectivity index (χ0) is 14.6. The predicted octanol–water partition coefficient (Wildman–Crippen LogP) is 3.09. The highest BCUT2D eigenvalue weighted by atomic mass is 16.5. The Hall–Kier alpha value is -1.20. The Labute approximate surface area is 120 Å². The number of hydrogen-bond acceptors (Lipinski definition) is 5. The molecule has 5 heteroatoms. The van der Waals surface area contributed by atoms with E-state index in [1.807, 2.05) is 6.92 Å². The Bertz CT molecular complexity index is 436. The number of ether oxygens (including phenoxy) is 1. The SMILES string of the molecule is C=CCC(N)c1nc(C2(OCC)CCC(C)CC2)no1. The molecule has 1 fully saturated rings. The maximum atomic E-state index is 6.01. The van der Waals surface area contributed by atoms with Crippen LogP contribution in [0.2, 0.25) is 0 Å². The predicted molar refractivity (Wildman–Crippen MR) is 77.0 cm³/mol. The summed E-state index contributed by atoms with van der Waals surface area (Å²) in [6.07, 6.45) is 6.52. The van der Waals surface area contributed by atoms with Crippen LogP contribution in [0.15, 0.2) is 17.2 Å². The minimum atomic E-state index is -0.392. The number of nitrogens with zero attached hydrogens (tertiary/aromatic N) is 2. The van der Waals surface area contributed by atoms with Crippen LogP contribution in [0.5, 0.6) is 0 Å². The van der Waals surface area contributed by atoms with Gasteiger partial charge in [0.1, 0.15) is 5.60 Å². The monoisotopic (exact) mass is 279 g/mol. The molecule has 2 N–H and O–H groups in total. The van der Waals surface area contributed by atoms with E-state index >= 15 is 0 Å². The summed E-state index contributed by atoms with van der Waals surface area (Å²) in [4.78, 5) is 4.49. The maximum absolute atomic E-state index is 6.01. The molecule has 1 atom stereocenters. The van der Waals surface area contributed by atoms with Crippen molar-refractivity contribution in [3.63, 3.8) is 0 Å². The second kappa shape index (κ2) is 6.50. The van der Waals surface area contributed by atoms with Crippen molar-refractivity contribution in [1.82, 2.24) is 10.1 Å². The van der Waals surface area contributed by atoms with Crippen molar-refractivity contribution < 1.29 is 9.26 Å². The van der Waals surface area contributed by atoms with E-state index in [1.165, 1.54) is 0 Å². The van der Waals surface area contributed by atoms with Crippen LogP contribution in [-0.4, -0.2) is 16.7 Å². The standard InChI is InChI=1S/C15H25N3O2/c1-4-6-12(16)13-17-14(18-20-13)15(19-5-2)9-7-11(3)8-10-15/h4,11-12H,1,5-10,16H2,2-3H3. The quantitative estimate of drug-likeness (QED) is 0.810. The summed E-state index contributed by atoms with van der Waals surface area (Å²) in [5.41, 5.74) is 5.59. The highest BCUT2D eigenvalue weighted by Gasteiger charge is 2.41. The summed E-state index contributed by atoms with van der Waals surface area (Å²) >= 11 is 0. The van der Waals surface area contributed by atoms with Gasteiger partial charge in [-0.3, -0.25) is 0 Å². The summed E-state index contributed by atoms with van der Waals surface area (Å²) in [5, 5.41) is 4.13. The van der Waals surface area contributed by atoms with Crippen LogP contribution in [0.1, 0.15) is 63.7 Å². The van der Waals surface area contributed by atoms with Gasteiger partial charge in [-0.25, -0.2) is 0 Å². The van der Waals surface area contributed by atoms with E-state index in [-0.39, 0.29) is 6.04 Å². The molecule has 0 radical (unpaired) electrons. The van der Waals surface area contributed by atoms with Gasteiger partial charge in [0.2, 0.25) is 11.7 Å². The molecule has 0 aliphatic heterocycles. The van der Waals surface area contributed by atoms with E-state index in [0.29, 0.717) is 24.7 Å². The highest BCUT2D eigenvalue weighted by Crippen LogP contribution is 2.41. The maximum Gasteiger partial charge on any atom is 0.243 e. The van der Waals surface area contributed by atoms with Crippen molar-refractivity contribution in [3.8, 4) is 0 Å². The van der Waals surface area contributed by atoms with Gasteiger partial charge in [-0.05, 0) is 44.9 Å². The van der Waals surface area contributed by atoms with Gasteiger partial charge in [0.05, 0.1) is 6.04 Å². The van der Waals surface area contributed by atoms with Gasteiger partial charge in [0, 0.05) is 6.61 Å². The van der Waals surface area contributed by atoms with Crippen LogP contribution in [0, 0.1) is 5.92 Å². The normalized spacial score (nSPS) is 28.2. The third kappa shape index (κ3) is 3.10. The average Bonchev–Trinajstić information content (AvgIpc) is 2.92. The van der Waals surface area contributed by atoms with E-state index in [9.17, 15) is 0 Å². The van der Waals surface area contributed by atoms with Crippen LogP contribution in [0.25, 0.3) is 0 Å². The molecule has 1 saturated carbocycles. The molecule has 1 heterocycles. The van der Waals surface area contributed by atoms with Crippen LogP contribution in [-0.2, 0) is 10.3 Å². The molecular formula is C15H25N3O2. The van der Waals surface area contributed by atoms with E-state index in [1.54, 1.807) is 6.08 Å². The van der Waals surface area contributed by atoms with Crippen molar-refractivity contribution in [1.29, 1.82) is 0 Å². The number of aromatic nitrogens is 2. The number of nitrogens with two attached hydrogens (primary N) is 1. The average molecular weight is 279 g/mol. The zero-order valence-corrected chi connectivity index (χ0v) is 12.5. The molecule has 1 aliphatic carbocycles. The Morgan fingerprint density at radius 2 is 2.25 bits per heavy atom. The first-order chi connectivity index (χ1) is 9.61. The lowest BCUT2D eigenvalue weighted by Gasteiger charge is -2.36. The van der Waals surface area contributed by atoms with E-state index in [0.717, 1.165) is 31.6 Å². The van der Waals surface area contributed by atoms with Crippen LogP contribution >= 0.6 is 0 Å².